The lowest BCUT2D eigenvalue weighted by molar-refractivity contribution is -0.218. The molecule has 4 rings (SSSR count). The number of fused-ring (bicyclic) bond motifs is 1. The van der Waals surface area contributed by atoms with Gasteiger partial charge in [0.2, 0.25) is 0 Å². The summed E-state index contributed by atoms with van der Waals surface area (Å²) in [4.78, 5) is 4.67. The average Bonchev–Trinajstić information content (AvgIpc) is 3.26. The molecule has 0 radical (unpaired) electrons. The topological polar surface area (TPSA) is 105 Å². The largest absolute Gasteiger partial charge is 0.394 e. The first kappa shape index (κ1) is 25.4. The standard InChI is InChI=1S/C24H31N3O5.ClH/c1-24(2)31-21-19(29)20(30-22(21)32-24)18(15-28)27-23(25-13-16-9-5-3-6-10-16)26-14-17-11-7-4-8-12-17;/h3-12,18-22,28-29H,13-15H2,1-2H3,(H2,25,26,27);1H/t18-,19-,20+,21+,22+;/m0./s1. The number of hydrogen-bond donors (Lipinski definition) is 4. The zero-order chi connectivity index (χ0) is 22.6. The van der Waals surface area contributed by atoms with Crippen LogP contribution in [0.1, 0.15) is 25.0 Å². The van der Waals surface area contributed by atoms with Crippen molar-refractivity contribution in [1.29, 1.82) is 0 Å². The van der Waals surface area contributed by atoms with E-state index in [-0.39, 0.29) is 19.0 Å². The third-order valence-electron chi connectivity index (χ3n) is 5.53. The molecule has 2 aliphatic rings. The van der Waals surface area contributed by atoms with Crippen molar-refractivity contribution in [2.75, 3.05) is 6.61 Å². The van der Waals surface area contributed by atoms with Crippen molar-refractivity contribution < 1.29 is 24.4 Å². The van der Waals surface area contributed by atoms with E-state index in [1.807, 2.05) is 60.7 Å². The van der Waals surface area contributed by atoms with E-state index in [1.54, 1.807) is 13.8 Å². The Morgan fingerprint density at radius 3 is 2.27 bits per heavy atom. The molecule has 2 aromatic carbocycles. The number of aliphatic hydroxyl groups excluding tert-OH is 2. The molecule has 0 amide bonds. The van der Waals surface area contributed by atoms with Crippen LogP contribution in [0.4, 0.5) is 0 Å². The van der Waals surface area contributed by atoms with Gasteiger partial charge in [-0.05, 0) is 25.0 Å². The van der Waals surface area contributed by atoms with Crippen molar-refractivity contribution >= 4 is 18.4 Å². The molecule has 0 aliphatic carbocycles. The molecule has 2 heterocycles. The molecule has 4 N–H and O–H groups in total. The van der Waals surface area contributed by atoms with E-state index in [0.29, 0.717) is 19.0 Å². The van der Waals surface area contributed by atoms with E-state index < -0.39 is 36.4 Å². The summed E-state index contributed by atoms with van der Waals surface area (Å²) >= 11 is 0. The van der Waals surface area contributed by atoms with Gasteiger partial charge in [-0.1, -0.05) is 60.7 Å². The molecule has 2 aliphatic heterocycles. The Kier molecular flexibility index (Phi) is 8.69. The van der Waals surface area contributed by atoms with E-state index in [1.165, 1.54) is 0 Å². The summed E-state index contributed by atoms with van der Waals surface area (Å²) in [5.74, 6) is -0.310. The maximum absolute atomic E-state index is 10.8. The van der Waals surface area contributed by atoms with Crippen LogP contribution < -0.4 is 10.6 Å². The molecule has 33 heavy (non-hydrogen) atoms. The molecule has 8 nitrogen and oxygen atoms in total. The quantitative estimate of drug-likeness (QED) is 0.357. The Labute approximate surface area is 200 Å². The predicted octanol–water partition coefficient (Wildman–Crippen LogP) is 1.94. The number of aliphatic imine (C=N–C) groups is 1. The van der Waals surface area contributed by atoms with E-state index in [4.69, 9.17) is 14.2 Å². The van der Waals surface area contributed by atoms with Crippen molar-refractivity contribution in [3.63, 3.8) is 0 Å². The second-order valence-electron chi connectivity index (χ2n) is 8.48. The number of aliphatic hydroxyl groups is 2. The number of ether oxygens (including phenoxy) is 3. The second kappa shape index (κ2) is 11.3. The smallest absolute Gasteiger partial charge is 0.192 e. The molecular weight excluding hydrogens is 446 g/mol. The molecule has 2 aromatic rings. The summed E-state index contributed by atoms with van der Waals surface area (Å²) in [6.07, 6.45) is -2.95. The highest BCUT2D eigenvalue weighted by atomic mass is 35.5. The highest BCUT2D eigenvalue weighted by Crippen LogP contribution is 2.38. The maximum Gasteiger partial charge on any atom is 0.192 e. The van der Waals surface area contributed by atoms with E-state index >= 15 is 0 Å². The number of benzene rings is 2. The van der Waals surface area contributed by atoms with Gasteiger partial charge in [0.15, 0.2) is 18.0 Å². The van der Waals surface area contributed by atoms with Gasteiger partial charge in [-0.25, -0.2) is 4.99 Å². The molecule has 9 heteroatoms. The number of halogens is 1. The first-order valence-electron chi connectivity index (χ1n) is 10.9. The van der Waals surface area contributed by atoms with Crippen LogP contribution in [0.15, 0.2) is 65.7 Å². The van der Waals surface area contributed by atoms with Crippen LogP contribution >= 0.6 is 12.4 Å². The monoisotopic (exact) mass is 477 g/mol. The van der Waals surface area contributed by atoms with Gasteiger partial charge in [0.25, 0.3) is 0 Å². The van der Waals surface area contributed by atoms with Gasteiger partial charge in [-0.3, -0.25) is 0 Å². The van der Waals surface area contributed by atoms with Crippen LogP contribution in [-0.4, -0.2) is 59.2 Å². The maximum atomic E-state index is 10.8. The van der Waals surface area contributed by atoms with Gasteiger partial charge in [-0.2, -0.15) is 0 Å². The fraction of sp³-hybridized carbons (Fsp3) is 0.458. The van der Waals surface area contributed by atoms with Crippen molar-refractivity contribution in [3.8, 4) is 0 Å². The summed E-state index contributed by atoms with van der Waals surface area (Å²) < 4.78 is 17.4. The summed E-state index contributed by atoms with van der Waals surface area (Å²) in [6.45, 7) is 4.31. The Morgan fingerprint density at radius 1 is 1.03 bits per heavy atom. The van der Waals surface area contributed by atoms with Crippen molar-refractivity contribution in [2.24, 2.45) is 4.99 Å². The Hall–Kier alpha value is -2.20. The van der Waals surface area contributed by atoms with Gasteiger partial charge in [0.1, 0.15) is 18.3 Å². The summed E-state index contributed by atoms with van der Waals surface area (Å²) in [6, 6.07) is 19.3. The molecule has 0 bridgehead atoms. The van der Waals surface area contributed by atoms with Crippen LogP contribution in [0, 0.1) is 0 Å². The minimum Gasteiger partial charge on any atom is -0.394 e. The Morgan fingerprint density at radius 2 is 1.67 bits per heavy atom. The Bertz CT molecular complexity index is 899. The lowest BCUT2D eigenvalue weighted by Gasteiger charge is -2.29. The summed E-state index contributed by atoms with van der Waals surface area (Å²) in [7, 11) is 0. The fourth-order valence-corrected chi connectivity index (χ4v) is 3.94. The van der Waals surface area contributed by atoms with Gasteiger partial charge in [-0.15, -0.1) is 12.4 Å². The van der Waals surface area contributed by atoms with Gasteiger partial charge in [0, 0.05) is 6.54 Å². The zero-order valence-corrected chi connectivity index (χ0v) is 19.6. The third-order valence-corrected chi connectivity index (χ3v) is 5.53. The van der Waals surface area contributed by atoms with E-state index in [9.17, 15) is 10.2 Å². The van der Waals surface area contributed by atoms with Crippen LogP contribution in [0.25, 0.3) is 0 Å². The molecule has 0 spiro atoms. The van der Waals surface area contributed by atoms with Crippen LogP contribution in [0.3, 0.4) is 0 Å². The fourth-order valence-electron chi connectivity index (χ4n) is 3.94. The van der Waals surface area contributed by atoms with E-state index in [0.717, 1.165) is 11.1 Å². The predicted molar refractivity (Wildman–Crippen MR) is 127 cm³/mol. The molecule has 0 aromatic heterocycles. The number of rotatable bonds is 7. The lowest BCUT2D eigenvalue weighted by Crippen LogP contribution is -2.54. The highest BCUT2D eigenvalue weighted by molar-refractivity contribution is 5.85. The second-order valence-corrected chi connectivity index (χ2v) is 8.48. The minimum atomic E-state index is -0.948. The van der Waals surface area contributed by atoms with E-state index in [2.05, 4.69) is 15.6 Å². The first-order chi connectivity index (χ1) is 15.4. The molecule has 5 atom stereocenters. The highest BCUT2D eigenvalue weighted by Gasteiger charge is 2.56. The van der Waals surface area contributed by atoms with Crippen molar-refractivity contribution in [3.05, 3.63) is 71.8 Å². The molecular formula is C24H32ClN3O5. The summed E-state index contributed by atoms with van der Waals surface area (Å²) in [5.41, 5.74) is 2.16. The van der Waals surface area contributed by atoms with Crippen LogP contribution in [0.5, 0.6) is 0 Å². The molecule has 2 saturated heterocycles. The normalized spacial score (nSPS) is 26.8. The third kappa shape index (κ3) is 6.44. The van der Waals surface area contributed by atoms with Crippen molar-refractivity contribution in [1.82, 2.24) is 10.6 Å². The summed E-state index contributed by atoms with van der Waals surface area (Å²) in [5, 5.41) is 27.4. The van der Waals surface area contributed by atoms with Crippen LogP contribution in [0.2, 0.25) is 0 Å². The SMILES string of the molecule is CC1(C)O[C@H]2O[C@H]([C@H](CO)NC(=NCc3ccccc3)NCc3ccccc3)[C@H](O)[C@H]2O1.Cl. The Balaban J connectivity index is 0.00000306. The first-order valence-corrected chi connectivity index (χ1v) is 10.9. The van der Waals surface area contributed by atoms with Crippen LogP contribution in [-0.2, 0) is 27.3 Å². The van der Waals surface area contributed by atoms with Gasteiger partial charge in [0.05, 0.1) is 19.2 Å². The zero-order valence-electron chi connectivity index (χ0n) is 18.8. The number of hydrogen-bond acceptors (Lipinski definition) is 6. The van der Waals surface area contributed by atoms with Gasteiger partial charge < -0.3 is 35.1 Å². The number of nitrogens with one attached hydrogen (secondary N) is 2. The lowest BCUT2D eigenvalue weighted by atomic mass is 10.0. The molecule has 2 fully saturated rings. The molecule has 0 saturated carbocycles. The molecule has 0 unspecified atom stereocenters. The average molecular weight is 478 g/mol. The number of nitrogens with zero attached hydrogens (tertiary/aromatic N) is 1. The molecule has 180 valence electrons. The number of guanidine groups is 1. The minimum absolute atomic E-state index is 0. The van der Waals surface area contributed by atoms with Crippen molar-refractivity contribution in [2.45, 2.75) is 63.4 Å². The van der Waals surface area contributed by atoms with Gasteiger partial charge >= 0.3 is 0 Å².